The molecule has 22 heavy (non-hydrogen) atoms. The molecule has 3 heterocycles. The van der Waals surface area contributed by atoms with Gasteiger partial charge in [-0.3, -0.25) is 4.79 Å². The van der Waals surface area contributed by atoms with Crippen molar-refractivity contribution in [2.24, 2.45) is 0 Å². The van der Waals surface area contributed by atoms with Crippen molar-refractivity contribution in [3.05, 3.63) is 42.1 Å². The zero-order valence-corrected chi connectivity index (χ0v) is 12.2. The van der Waals surface area contributed by atoms with Gasteiger partial charge in [0.1, 0.15) is 0 Å². The van der Waals surface area contributed by atoms with Crippen LogP contribution in [-0.4, -0.2) is 39.3 Å². The highest BCUT2D eigenvalue weighted by molar-refractivity contribution is 5.93. The maximum Gasteiger partial charge on any atom is 0.276 e. The molecule has 2 bridgehead atoms. The quantitative estimate of drug-likeness (QED) is 0.925. The summed E-state index contributed by atoms with van der Waals surface area (Å²) in [5.41, 5.74) is 1.26. The number of aliphatic hydroxyl groups excluding tert-OH is 1. The highest BCUT2D eigenvalue weighted by Crippen LogP contribution is 2.36. The fraction of sp³-hybridized carbons (Fsp3) is 0.412. The van der Waals surface area contributed by atoms with Crippen LogP contribution in [0.1, 0.15) is 36.2 Å². The van der Waals surface area contributed by atoms with E-state index in [2.05, 4.69) is 5.16 Å². The van der Waals surface area contributed by atoms with Gasteiger partial charge in [-0.15, -0.1) is 0 Å². The first kappa shape index (κ1) is 13.5. The monoisotopic (exact) mass is 298 g/mol. The van der Waals surface area contributed by atoms with Crippen LogP contribution in [0.2, 0.25) is 0 Å². The van der Waals surface area contributed by atoms with Gasteiger partial charge in [0.05, 0.1) is 6.10 Å². The van der Waals surface area contributed by atoms with Crippen LogP contribution in [0.25, 0.3) is 11.3 Å². The standard InChI is InChI=1S/C17H18N2O3/c20-14-8-12-6-7-13(9-14)19(12)17(21)15-10-16(22-18-15)11-4-2-1-3-5-11/h1-5,10,12-14,20H,6-9H2/t12-,13+,14?. The summed E-state index contributed by atoms with van der Waals surface area (Å²) in [6.07, 6.45) is 3.00. The first-order valence-electron chi connectivity index (χ1n) is 7.75. The van der Waals surface area contributed by atoms with Crippen LogP contribution in [0.3, 0.4) is 0 Å². The number of amides is 1. The Balaban J connectivity index is 1.58. The average Bonchev–Trinajstić information content (AvgIpc) is 3.12. The Hall–Kier alpha value is -2.14. The Morgan fingerprint density at radius 3 is 2.55 bits per heavy atom. The Bertz CT molecular complexity index is 668. The van der Waals surface area contributed by atoms with Gasteiger partial charge in [0.2, 0.25) is 0 Å². The first-order valence-corrected chi connectivity index (χ1v) is 7.75. The van der Waals surface area contributed by atoms with Gasteiger partial charge in [0, 0.05) is 23.7 Å². The number of carbonyl (C=O) groups is 1. The van der Waals surface area contributed by atoms with Gasteiger partial charge in [-0.1, -0.05) is 35.5 Å². The summed E-state index contributed by atoms with van der Waals surface area (Å²) in [7, 11) is 0. The van der Waals surface area contributed by atoms with E-state index in [9.17, 15) is 9.90 Å². The van der Waals surface area contributed by atoms with E-state index in [0.717, 1.165) is 18.4 Å². The van der Waals surface area contributed by atoms with Crippen molar-refractivity contribution in [1.29, 1.82) is 0 Å². The van der Waals surface area contributed by atoms with E-state index >= 15 is 0 Å². The zero-order chi connectivity index (χ0) is 15.1. The van der Waals surface area contributed by atoms with E-state index in [1.165, 1.54) is 0 Å². The molecule has 2 fully saturated rings. The summed E-state index contributed by atoms with van der Waals surface area (Å²) in [5, 5.41) is 13.8. The van der Waals surface area contributed by atoms with E-state index < -0.39 is 0 Å². The number of rotatable bonds is 2. The van der Waals surface area contributed by atoms with Crippen molar-refractivity contribution in [3.63, 3.8) is 0 Å². The SMILES string of the molecule is O=C(c1cc(-c2ccccc2)on1)N1[C@@H]2CC[C@H]1CC(O)C2. The highest BCUT2D eigenvalue weighted by Gasteiger charge is 2.43. The summed E-state index contributed by atoms with van der Waals surface area (Å²) in [4.78, 5) is 14.6. The fourth-order valence-corrected chi connectivity index (χ4v) is 3.73. The van der Waals surface area contributed by atoms with Gasteiger partial charge >= 0.3 is 0 Å². The van der Waals surface area contributed by atoms with Crippen molar-refractivity contribution in [3.8, 4) is 11.3 Å². The molecule has 0 saturated carbocycles. The van der Waals surface area contributed by atoms with Crippen LogP contribution in [0.5, 0.6) is 0 Å². The Morgan fingerprint density at radius 2 is 1.86 bits per heavy atom. The zero-order valence-electron chi connectivity index (χ0n) is 12.2. The molecule has 2 aliphatic rings. The van der Waals surface area contributed by atoms with Gasteiger partial charge in [-0.05, 0) is 25.7 Å². The molecule has 5 heteroatoms. The first-order chi connectivity index (χ1) is 10.7. The van der Waals surface area contributed by atoms with E-state index in [4.69, 9.17) is 4.52 Å². The third-order valence-corrected chi connectivity index (χ3v) is 4.73. The molecule has 2 aliphatic heterocycles. The van der Waals surface area contributed by atoms with E-state index in [0.29, 0.717) is 24.3 Å². The topological polar surface area (TPSA) is 66.6 Å². The molecule has 1 unspecified atom stereocenters. The van der Waals surface area contributed by atoms with Crippen LogP contribution in [0, 0.1) is 0 Å². The third kappa shape index (κ3) is 2.22. The summed E-state index contributed by atoms with van der Waals surface area (Å²) >= 11 is 0. The largest absolute Gasteiger partial charge is 0.393 e. The lowest BCUT2D eigenvalue weighted by molar-refractivity contribution is 0.0280. The molecule has 2 aromatic rings. The minimum absolute atomic E-state index is 0.0784. The predicted octanol–water partition coefficient (Wildman–Crippen LogP) is 2.47. The van der Waals surface area contributed by atoms with Crippen LogP contribution < -0.4 is 0 Å². The number of aromatic nitrogens is 1. The summed E-state index contributed by atoms with van der Waals surface area (Å²) < 4.78 is 5.33. The molecule has 0 aliphatic carbocycles. The van der Waals surface area contributed by atoms with Crippen LogP contribution >= 0.6 is 0 Å². The number of hydrogen-bond acceptors (Lipinski definition) is 4. The smallest absolute Gasteiger partial charge is 0.276 e. The molecule has 2 saturated heterocycles. The molecule has 0 radical (unpaired) electrons. The van der Waals surface area contributed by atoms with Gasteiger partial charge in [0.25, 0.3) is 5.91 Å². The van der Waals surface area contributed by atoms with Crippen LogP contribution in [-0.2, 0) is 0 Å². The number of aliphatic hydroxyl groups is 1. The van der Waals surface area contributed by atoms with E-state index in [-0.39, 0.29) is 24.1 Å². The molecule has 1 aromatic heterocycles. The molecule has 3 atom stereocenters. The number of fused-ring (bicyclic) bond motifs is 2. The molecular formula is C17H18N2O3. The second-order valence-corrected chi connectivity index (χ2v) is 6.17. The lowest BCUT2D eigenvalue weighted by atomic mass is 9.99. The normalized spacial score (nSPS) is 27.1. The Morgan fingerprint density at radius 1 is 1.18 bits per heavy atom. The van der Waals surface area contributed by atoms with Crippen molar-refractivity contribution in [2.75, 3.05) is 0 Å². The van der Waals surface area contributed by atoms with Gasteiger partial charge in [-0.2, -0.15) is 0 Å². The van der Waals surface area contributed by atoms with Gasteiger partial charge in [-0.25, -0.2) is 0 Å². The molecule has 1 amide bonds. The van der Waals surface area contributed by atoms with E-state index in [1.807, 2.05) is 35.2 Å². The summed E-state index contributed by atoms with van der Waals surface area (Å²) in [6, 6.07) is 11.6. The predicted molar refractivity (Wildman–Crippen MR) is 80.2 cm³/mol. The number of carbonyl (C=O) groups excluding carboxylic acids is 1. The molecular weight excluding hydrogens is 280 g/mol. The van der Waals surface area contributed by atoms with Crippen LogP contribution in [0.4, 0.5) is 0 Å². The number of piperidine rings is 1. The molecule has 5 nitrogen and oxygen atoms in total. The summed E-state index contributed by atoms with van der Waals surface area (Å²) in [5.74, 6) is 0.527. The maximum absolute atomic E-state index is 12.7. The molecule has 1 aromatic carbocycles. The maximum atomic E-state index is 12.7. The van der Waals surface area contributed by atoms with Gasteiger partial charge < -0.3 is 14.5 Å². The molecule has 4 rings (SSSR count). The number of nitrogens with zero attached hydrogens (tertiary/aromatic N) is 2. The van der Waals surface area contributed by atoms with Crippen molar-refractivity contribution >= 4 is 5.91 Å². The molecule has 1 N–H and O–H groups in total. The third-order valence-electron chi connectivity index (χ3n) is 4.73. The molecule has 0 spiro atoms. The second kappa shape index (κ2) is 5.25. The van der Waals surface area contributed by atoms with Gasteiger partial charge in [0.15, 0.2) is 11.5 Å². The average molecular weight is 298 g/mol. The van der Waals surface area contributed by atoms with Crippen molar-refractivity contribution < 1.29 is 14.4 Å². The second-order valence-electron chi connectivity index (χ2n) is 6.17. The molecule has 114 valence electrons. The minimum Gasteiger partial charge on any atom is -0.393 e. The summed E-state index contributed by atoms with van der Waals surface area (Å²) in [6.45, 7) is 0. The Kier molecular flexibility index (Phi) is 3.22. The van der Waals surface area contributed by atoms with Crippen molar-refractivity contribution in [2.45, 2.75) is 43.9 Å². The highest BCUT2D eigenvalue weighted by atomic mass is 16.5. The Labute approximate surface area is 128 Å². The van der Waals surface area contributed by atoms with Crippen molar-refractivity contribution in [1.82, 2.24) is 10.1 Å². The fourth-order valence-electron chi connectivity index (χ4n) is 3.73. The number of benzene rings is 1. The lowest BCUT2D eigenvalue weighted by Gasteiger charge is -2.36. The van der Waals surface area contributed by atoms with E-state index in [1.54, 1.807) is 6.07 Å². The van der Waals surface area contributed by atoms with Crippen LogP contribution in [0.15, 0.2) is 40.9 Å². The number of hydrogen-bond donors (Lipinski definition) is 1. The minimum atomic E-state index is -0.279. The lowest BCUT2D eigenvalue weighted by Crippen LogP contribution is -2.48.